The summed E-state index contributed by atoms with van der Waals surface area (Å²) in [5.74, 6) is 0.212. The Morgan fingerprint density at radius 1 is 1.25 bits per heavy atom. The van der Waals surface area contributed by atoms with Gasteiger partial charge in [0.25, 0.3) is 0 Å². The molecule has 1 nitrogen and oxygen atoms in total. The number of ketones is 1. The smallest absolute Gasteiger partial charge is 0.177 e. The van der Waals surface area contributed by atoms with E-state index in [1.165, 1.54) is 22.5 Å². The Morgan fingerprint density at radius 2 is 2.06 bits per heavy atom. The Balaban J connectivity index is 2.21. The maximum Gasteiger partial charge on any atom is 0.177 e. The van der Waals surface area contributed by atoms with Crippen LogP contribution in [-0.4, -0.2) is 5.78 Å². The minimum Gasteiger partial charge on any atom is -0.293 e. The highest BCUT2D eigenvalue weighted by atomic mass is 32.1. The molecule has 0 saturated heterocycles. The molecule has 0 atom stereocenters. The predicted molar refractivity (Wildman–Crippen MR) is 68.3 cm³/mol. The zero-order valence-electron chi connectivity index (χ0n) is 9.49. The number of hydrogen-bond donors (Lipinski definition) is 0. The molecule has 0 aliphatic rings. The highest BCUT2D eigenvalue weighted by molar-refractivity contribution is 7.12. The Morgan fingerprint density at radius 3 is 2.75 bits per heavy atom. The summed E-state index contributed by atoms with van der Waals surface area (Å²) in [5.41, 5.74) is 3.54. The molecule has 2 rings (SSSR count). The first kappa shape index (κ1) is 11.1. The molecule has 0 radical (unpaired) electrons. The van der Waals surface area contributed by atoms with Gasteiger partial charge in [0.2, 0.25) is 0 Å². The molecule has 16 heavy (non-hydrogen) atoms. The molecule has 0 bridgehead atoms. The molecule has 0 fully saturated rings. The fraction of sp³-hybridized carbons (Fsp3) is 0.214. The summed E-state index contributed by atoms with van der Waals surface area (Å²) in [6.45, 7) is 4.11. The number of rotatable bonds is 3. The molecule has 0 saturated carbocycles. The zero-order valence-corrected chi connectivity index (χ0v) is 10.3. The second kappa shape index (κ2) is 4.62. The molecule has 1 aromatic carbocycles. The molecule has 0 spiro atoms. The number of aryl methyl sites for hydroxylation is 2. The van der Waals surface area contributed by atoms with Gasteiger partial charge < -0.3 is 0 Å². The molecule has 0 unspecified atom stereocenters. The minimum atomic E-state index is 0.212. The average Bonchev–Trinajstić information content (AvgIpc) is 2.76. The van der Waals surface area contributed by atoms with Crippen LogP contribution in [0.2, 0.25) is 0 Å². The molecule has 2 aromatic rings. The van der Waals surface area contributed by atoms with E-state index in [1.54, 1.807) is 0 Å². The highest BCUT2D eigenvalue weighted by Crippen LogP contribution is 2.16. The van der Waals surface area contributed by atoms with E-state index in [0.717, 1.165) is 10.4 Å². The topological polar surface area (TPSA) is 17.1 Å². The number of Topliss-reactive ketones (excluding diaryl/α,β-unsaturated/α-hetero) is 1. The summed E-state index contributed by atoms with van der Waals surface area (Å²) >= 11 is 1.51. The van der Waals surface area contributed by atoms with E-state index in [4.69, 9.17) is 0 Å². The van der Waals surface area contributed by atoms with E-state index in [2.05, 4.69) is 32.0 Å². The summed E-state index contributed by atoms with van der Waals surface area (Å²) < 4.78 is 0. The van der Waals surface area contributed by atoms with Gasteiger partial charge in [-0.3, -0.25) is 4.79 Å². The molecular weight excluding hydrogens is 216 g/mol. The molecule has 1 aromatic heterocycles. The number of carbonyl (C=O) groups excluding carboxylic acids is 1. The van der Waals surface area contributed by atoms with Crippen molar-refractivity contribution in [1.82, 2.24) is 0 Å². The first-order chi connectivity index (χ1) is 7.66. The van der Waals surface area contributed by atoms with Crippen molar-refractivity contribution < 1.29 is 4.79 Å². The standard InChI is InChI=1S/C14H14OS/c1-10-5-6-11(2)12(8-10)9-13(15)14-4-3-7-16-14/h3-8H,9H2,1-2H3. The van der Waals surface area contributed by atoms with Crippen LogP contribution >= 0.6 is 11.3 Å². The lowest BCUT2D eigenvalue weighted by Crippen LogP contribution is -2.03. The largest absolute Gasteiger partial charge is 0.293 e. The van der Waals surface area contributed by atoms with Gasteiger partial charge in [0, 0.05) is 6.42 Å². The summed E-state index contributed by atoms with van der Waals surface area (Å²) in [4.78, 5) is 12.8. The van der Waals surface area contributed by atoms with E-state index >= 15 is 0 Å². The molecule has 0 aliphatic heterocycles. The second-order valence-electron chi connectivity index (χ2n) is 4.01. The first-order valence-electron chi connectivity index (χ1n) is 5.29. The van der Waals surface area contributed by atoms with Crippen LogP contribution in [0.4, 0.5) is 0 Å². The third-order valence-corrected chi connectivity index (χ3v) is 3.56. The van der Waals surface area contributed by atoms with Crippen molar-refractivity contribution in [2.45, 2.75) is 20.3 Å². The quantitative estimate of drug-likeness (QED) is 0.733. The van der Waals surface area contributed by atoms with Crippen molar-refractivity contribution in [3.05, 3.63) is 57.3 Å². The summed E-state index contributed by atoms with van der Waals surface area (Å²) in [7, 11) is 0. The van der Waals surface area contributed by atoms with E-state index in [9.17, 15) is 4.79 Å². The molecule has 2 heteroatoms. The Kier molecular flexibility index (Phi) is 3.20. The Bertz CT molecular complexity index is 497. The van der Waals surface area contributed by atoms with Gasteiger partial charge in [0.1, 0.15) is 0 Å². The maximum absolute atomic E-state index is 11.9. The molecule has 1 heterocycles. The van der Waals surface area contributed by atoms with E-state index in [0.29, 0.717) is 6.42 Å². The lowest BCUT2D eigenvalue weighted by molar-refractivity contribution is 0.0996. The number of thiophene rings is 1. The number of carbonyl (C=O) groups is 1. The normalized spacial score (nSPS) is 10.4. The van der Waals surface area contributed by atoms with Crippen molar-refractivity contribution in [2.24, 2.45) is 0 Å². The lowest BCUT2D eigenvalue weighted by Gasteiger charge is -2.05. The van der Waals surface area contributed by atoms with Gasteiger partial charge in [-0.15, -0.1) is 11.3 Å². The van der Waals surface area contributed by atoms with Crippen LogP contribution < -0.4 is 0 Å². The Hall–Kier alpha value is -1.41. The average molecular weight is 230 g/mol. The summed E-state index contributed by atoms with van der Waals surface area (Å²) in [6.07, 6.45) is 0.508. The highest BCUT2D eigenvalue weighted by Gasteiger charge is 2.09. The third kappa shape index (κ3) is 2.39. The summed E-state index contributed by atoms with van der Waals surface area (Å²) in [6, 6.07) is 10.1. The zero-order chi connectivity index (χ0) is 11.5. The summed E-state index contributed by atoms with van der Waals surface area (Å²) in [5, 5.41) is 1.94. The van der Waals surface area contributed by atoms with Crippen molar-refractivity contribution in [2.75, 3.05) is 0 Å². The van der Waals surface area contributed by atoms with Gasteiger partial charge in [-0.25, -0.2) is 0 Å². The Labute approximate surface area is 99.8 Å². The predicted octanol–water partition coefficient (Wildman–Crippen LogP) is 3.79. The van der Waals surface area contributed by atoms with Crippen LogP contribution in [0.1, 0.15) is 26.4 Å². The van der Waals surface area contributed by atoms with Crippen molar-refractivity contribution in [3.63, 3.8) is 0 Å². The lowest BCUT2D eigenvalue weighted by atomic mass is 10.0. The van der Waals surface area contributed by atoms with E-state index in [1.807, 2.05) is 17.5 Å². The molecule has 0 N–H and O–H groups in total. The van der Waals surface area contributed by atoms with Crippen molar-refractivity contribution in [3.8, 4) is 0 Å². The van der Waals surface area contributed by atoms with Gasteiger partial charge >= 0.3 is 0 Å². The van der Waals surface area contributed by atoms with Crippen LogP contribution in [0.3, 0.4) is 0 Å². The molecule has 82 valence electrons. The van der Waals surface area contributed by atoms with Crippen molar-refractivity contribution >= 4 is 17.1 Å². The van der Waals surface area contributed by atoms with E-state index in [-0.39, 0.29) is 5.78 Å². The minimum absolute atomic E-state index is 0.212. The SMILES string of the molecule is Cc1ccc(C)c(CC(=O)c2cccs2)c1. The molecule has 0 aliphatic carbocycles. The van der Waals surface area contributed by atoms with Crippen LogP contribution in [0.25, 0.3) is 0 Å². The van der Waals surface area contributed by atoms with Crippen LogP contribution in [0, 0.1) is 13.8 Å². The number of benzene rings is 1. The monoisotopic (exact) mass is 230 g/mol. The molecular formula is C14H14OS. The maximum atomic E-state index is 11.9. The van der Waals surface area contributed by atoms with Gasteiger partial charge in [0.05, 0.1) is 4.88 Å². The first-order valence-corrected chi connectivity index (χ1v) is 6.17. The van der Waals surface area contributed by atoms with Gasteiger partial charge in [-0.2, -0.15) is 0 Å². The van der Waals surface area contributed by atoms with Crippen LogP contribution in [0.5, 0.6) is 0 Å². The second-order valence-corrected chi connectivity index (χ2v) is 4.95. The van der Waals surface area contributed by atoms with Crippen LogP contribution in [-0.2, 0) is 6.42 Å². The van der Waals surface area contributed by atoms with Gasteiger partial charge in [-0.05, 0) is 36.4 Å². The third-order valence-electron chi connectivity index (χ3n) is 2.65. The fourth-order valence-electron chi connectivity index (χ4n) is 1.69. The number of hydrogen-bond acceptors (Lipinski definition) is 2. The van der Waals surface area contributed by atoms with Gasteiger partial charge in [0.15, 0.2) is 5.78 Å². The van der Waals surface area contributed by atoms with Gasteiger partial charge in [-0.1, -0.05) is 29.8 Å². The van der Waals surface area contributed by atoms with Crippen molar-refractivity contribution in [1.29, 1.82) is 0 Å². The molecule has 0 amide bonds. The van der Waals surface area contributed by atoms with E-state index < -0.39 is 0 Å². The van der Waals surface area contributed by atoms with Crippen LogP contribution in [0.15, 0.2) is 35.7 Å². The fourth-order valence-corrected chi connectivity index (χ4v) is 2.35.